The highest BCUT2D eigenvalue weighted by Crippen LogP contribution is 2.35. The van der Waals surface area contributed by atoms with E-state index in [9.17, 15) is 19.8 Å². The highest BCUT2D eigenvalue weighted by molar-refractivity contribution is 6.05. The minimum atomic E-state index is -0.470. The van der Waals surface area contributed by atoms with Crippen LogP contribution in [0.4, 0.5) is 17.2 Å². The summed E-state index contributed by atoms with van der Waals surface area (Å²) < 4.78 is 7.09. The molecular formula is C37H36N6O5. The van der Waals surface area contributed by atoms with Crippen LogP contribution in [0.25, 0.3) is 33.0 Å². The maximum atomic E-state index is 13.3. The van der Waals surface area contributed by atoms with Gasteiger partial charge in [-0.2, -0.15) is 0 Å². The number of nitrogens with one attached hydrogen (secondary N) is 2. The van der Waals surface area contributed by atoms with Crippen molar-refractivity contribution in [1.29, 1.82) is 0 Å². The number of fused-ring (bicyclic) bond motifs is 2. The second-order valence-corrected chi connectivity index (χ2v) is 12.2. The molecule has 6 aromatic rings. The number of aromatic nitrogens is 3. The number of hydrogen-bond acceptors (Lipinski definition) is 9. The third-order valence-corrected chi connectivity index (χ3v) is 8.99. The van der Waals surface area contributed by atoms with E-state index in [-0.39, 0.29) is 36.0 Å². The molecule has 1 saturated heterocycles. The third kappa shape index (κ3) is 6.06. The summed E-state index contributed by atoms with van der Waals surface area (Å²) in [5, 5.41) is 26.8. The smallest absolute Gasteiger partial charge is 0.291 e. The summed E-state index contributed by atoms with van der Waals surface area (Å²) in [7, 11) is 0. The van der Waals surface area contributed by atoms with Crippen molar-refractivity contribution in [1.82, 2.24) is 19.4 Å². The Bertz CT molecular complexity index is 2220. The molecule has 48 heavy (non-hydrogen) atoms. The normalized spacial score (nSPS) is 15.0. The number of furan rings is 1. The summed E-state index contributed by atoms with van der Waals surface area (Å²) in [6, 6.07) is 18.9. The van der Waals surface area contributed by atoms with Gasteiger partial charge in [0.2, 0.25) is 0 Å². The molecule has 0 bridgehead atoms. The van der Waals surface area contributed by atoms with Crippen molar-refractivity contribution in [2.24, 2.45) is 0 Å². The van der Waals surface area contributed by atoms with E-state index in [1.54, 1.807) is 12.3 Å². The Morgan fingerprint density at radius 2 is 1.79 bits per heavy atom. The van der Waals surface area contributed by atoms with E-state index in [0.29, 0.717) is 23.6 Å². The van der Waals surface area contributed by atoms with E-state index < -0.39 is 5.91 Å². The molecule has 11 heteroatoms. The topological polar surface area (TPSA) is 146 Å². The molecular weight excluding hydrogens is 608 g/mol. The summed E-state index contributed by atoms with van der Waals surface area (Å²) >= 11 is 0. The highest BCUT2D eigenvalue weighted by Gasteiger charge is 2.21. The van der Waals surface area contributed by atoms with Crippen molar-refractivity contribution in [3.8, 4) is 11.1 Å². The molecule has 1 aliphatic rings. The first-order chi connectivity index (χ1) is 23.3. The van der Waals surface area contributed by atoms with Crippen molar-refractivity contribution >= 4 is 45.0 Å². The minimum Gasteiger partial charge on any atom is -0.451 e. The van der Waals surface area contributed by atoms with Gasteiger partial charge in [0.1, 0.15) is 11.1 Å². The predicted molar refractivity (Wildman–Crippen MR) is 186 cm³/mol. The Hall–Kier alpha value is -5.36. The highest BCUT2D eigenvalue weighted by atomic mass is 16.3. The molecule has 1 aliphatic heterocycles. The monoisotopic (exact) mass is 644 g/mol. The number of carbonyl (C=O) groups is 1. The largest absolute Gasteiger partial charge is 0.451 e. The fraction of sp³-hybridized carbons (Fsp3) is 0.243. The maximum absolute atomic E-state index is 13.3. The molecule has 0 spiro atoms. The molecule has 244 valence electrons. The van der Waals surface area contributed by atoms with Gasteiger partial charge < -0.3 is 29.8 Å². The van der Waals surface area contributed by atoms with Gasteiger partial charge >= 0.3 is 0 Å². The number of benzene rings is 2. The van der Waals surface area contributed by atoms with Crippen molar-refractivity contribution in [3.63, 3.8) is 0 Å². The number of nitrogens with zero attached hydrogens (tertiary/aromatic N) is 4. The number of aliphatic hydroxyl groups is 2. The Kier molecular flexibility index (Phi) is 8.49. The molecule has 2 aromatic carbocycles. The van der Waals surface area contributed by atoms with Gasteiger partial charge in [-0.05, 0) is 78.4 Å². The lowest BCUT2D eigenvalue weighted by Crippen LogP contribution is -2.21. The summed E-state index contributed by atoms with van der Waals surface area (Å²) in [6.45, 7) is 6.29. The molecule has 0 aliphatic carbocycles. The molecule has 1 atom stereocenters. The van der Waals surface area contributed by atoms with Crippen LogP contribution in [0.2, 0.25) is 0 Å². The Morgan fingerprint density at radius 3 is 2.54 bits per heavy atom. The van der Waals surface area contributed by atoms with Crippen LogP contribution >= 0.6 is 0 Å². The summed E-state index contributed by atoms with van der Waals surface area (Å²) in [5.41, 5.74) is 7.16. The standard InChI is InChI=1S/C37H36N6O5/c1-22-27(5-3-7-30(22)40-35-34-25(9-12-38-35)17-24(19-39-34)20-42-13-10-26(45)21-42)28-6-4-8-31(23(28)2)41-36(46)33-18-29-32(48-33)11-14-43(15-16-44)37(29)47/h3-9,11-12,14,17-19,26,44-45H,10,13,15-16,20-21H2,1-2H3,(H,38,40)(H,41,46)/t26-/m0/s1. The van der Waals surface area contributed by atoms with Crippen LogP contribution in [-0.2, 0) is 13.1 Å². The van der Waals surface area contributed by atoms with Gasteiger partial charge in [-0.3, -0.25) is 19.5 Å². The van der Waals surface area contributed by atoms with Crippen molar-refractivity contribution in [2.45, 2.75) is 39.5 Å². The van der Waals surface area contributed by atoms with Gasteiger partial charge in [-0.1, -0.05) is 24.3 Å². The molecule has 7 rings (SSSR count). The van der Waals surface area contributed by atoms with Crippen molar-refractivity contribution in [3.05, 3.63) is 112 Å². The van der Waals surface area contributed by atoms with Crippen molar-refractivity contribution < 1.29 is 19.4 Å². The van der Waals surface area contributed by atoms with Gasteiger partial charge in [0, 0.05) is 67.6 Å². The molecule has 0 radical (unpaired) electrons. The molecule has 1 amide bonds. The number of rotatable bonds is 9. The second kappa shape index (κ2) is 13.0. The first-order valence-electron chi connectivity index (χ1n) is 15.9. The van der Waals surface area contributed by atoms with Gasteiger partial charge in [-0.25, -0.2) is 4.98 Å². The third-order valence-electron chi connectivity index (χ3n) is 8.99. The molecule has 5 heterocycles. The first kappa shape index (κ1) is 31.3. The van der Waals surface area contributed by atoms with E-state index in [4.69, 9.17) is 9.40 Å². The van der Waals surface area contributed by atoms with Crippen LogP contribution in [0.15, 0.2) is 88.5 Å². The quantitative estimate of drug-likeness (QED) is 0.163. The maximum Gasteiger partial charge on any atom is 0.291 e. The van der Waals surface area contributed by atoms with Crippen LogP contribution in [0.1, 0.15) is 33.7 Å². The summed E-state index contributed by atoms with van der Waals surface area (Å²) in [6.07, 6.45) is 5.74. The van der Waals surface area contributed by atoms with Crippen LogP contribution in [0.3, 0.4) is 0 Å². The van der Waals surface area contributed by atoms with E-state index in [2.05, 4.69) is 26.6 Å². The van der Waals surface area contributed by atoms with Crippen LogP contribution in [0.5, 0.6) is 0 Å². The number of aliphatic hydroxyl groups excluding tert-OH is 2. The zero-order valence-corrected chi connectivity index (χ0v) is 26.7. The van der Waals surface area contributed by atoms with E-state index in [0.717, 1.165) is 63.9 Å². The second-order valence-electron chi connectivity index (χ2n) is 12.2. The average molecular weight is 645 g/mol. The molecule has 11 nitrogen and oxygen atoms in total. The Labute approximate surface area is 276 Å². The molecule has 1 fully saturated rings. The lowest BCUT2D eigenvalue weighted by atomic mass is 9.94. The van der Waals surface area contributed by atoms with Crippen LogP contribution in [0, 0.1) is 13.8 Å². The fourth-order valence-electron chi connectivity index (χ4n) is 6.41. The molecule has 0 unspecified atom stereocenters. The summed E-state index contributed by atoms with van der Waals surface area (Å²) in [4.78, 5) is 37.6. The van der Waals surface area contributed by atoms with Crippen LogP contribution in [-0.4, -0.2) is 61.4 Å². The lowest BCUT2D eigenvalue weighted by molar-refractivity contribution is 0.0998. The number of pyridine rings is 3. The SMILES string of the molecule is Cc1c(NC(=O)c2cc3c(=O)n(CCO)ccc3o2)cccc1-c1cccc(Nc2nccc3cc(CN4CC[C@H](O)C4)cnc23)c1C. The first-order valence-corrected chi connectivity index (χ1v) is 15.9. The average Bonchev–Trinajstić information content (AvgIpc) is 3.71. The molecule has 0 saturated carbocycles. The lowest BCUT2D eigenvalue weighted by Gasteiger charge is -2.17. The number of likely N-dealkylation sites (tertiary alicyclic amines) is 1. The van der Waals surface area contributed by atoms with Crippen molar-refractivity contribution in [2.75, 3.05) is 30.3 Å². The number of anilines is 3. The van der Waals surface area contributed by atoms with E-state index in [1.807, 2.05) is 62.5 Å². The Morgan fingerprint density at radius 1 is 1.02 bits per heavy atom. The molecule has 4 aromatic heterocycles. The number of amides is 1. The number of carbonyl (C=O) groups excluding carboxylic acids is 1. The number of hydrogen-bond donors (Lipinski definition) is 4. The predicted octanol–water partition coefficient (Wildman–Crippen LogP) is 5.38. The van der Waals surface area contributed by atoms with Gasteiger partial charge in [0.05, 0.1) is 18.1 Å². The van der Waals surface area contributed by atoms with Gasteiger partial charge in [-0.15, -0.1) is 0 Å². The van der Waals surface area contributed by atoms with Gasteiger partial charge in [0.15, 0.2) is 11.6 Å². The van der Waals surface area contributed by atoms with E-state index >= 15 is 0 Å². The van der Waals surface area contributed by atoms with E-state index in [1.165, 1.54) is 16.8 Å². The molecule has 4 N–H and O–H groups in total. The zero-order valence-electron chi connectivity index (χ0n) is 26.7. The summed E-state index contributed by atoms with van der Waals surface area (Å²) in [5.74, 6) is 0.208. The number of β-amino-alcohol motifs (C(OH)–C–C–N with tert-alkyl or cyclic N) is 1. The zero-order chi connectivity index (χ0) is 33.4. The van der Waals surface area contributed by atoms with Crippen LogP contribution < -0.4 is 16.2 Å². The minimum absolute atomic E-state index is 0.0224. The fourth-order valence-corrected chi connectivity index (χ4v) is 6.41. The Balaban J connectivity index is 1.13. The van der Waals surface area contributed by atoms with Gasteiger partial charge in [0.25, 0.3) is 11.5 Å².